The van der Waals surface area contributed by atoms with Gasteiger partial charge in [-0.05, 0) is 30.3 Å². The minimum Gasteiger partial charge on any atom is -0.461 e. The number of Topliss-reactive ketones (excluding diaryl/α,β-unsaturated/α-hetero) is 1. The highest BCUT2D eigenvalue weighted by Gasteiger charge is 2.18. The molecule has 0 radical (unpaired) electrons. The van der Waals surface area contributed by atoms with Crippen molar-refractivity contribution in [2.45, 2.75) is 6.42 Å². The number of halogens is 1. The monoisotopic (exact) mass is 317 g/mol. The number of benzene rings is 1. The first-order valence-electron chi connectivity index (χ1n) is 6.63. The van der Waals surface area contributed by atoms with E-state index in [-0.39, 0.29) is 5.76 Å². The Labute approximate surface area is 130 Å². The Morgan fingerprint density at radius 3 is 2.95 bits per heavy atom. The number of ketones is 1. The van der Waals surface area contributed by atoms with Crippen LogP contribution < -0.4 is 5.32 Å². The molecule has 0 saturated heterocycles. The second-order valence-corrected chi connectivity index (χ2v) is 5.09. The number of aromatic amines is 1. The number of rotatable bonds is 5. The second-order valence-electron chi connectivity index (χ2n) is 4.66. The van der Waals surface area contributed by atoms with Crippen molar-refractivity contribution >= 4 is 34.3 Å². The Morgan fingerprint density at radius 2 is 2.18 bits per heavy atom. The summed E-state index contributed by atoms with van der Waals surface area (Å²) in [4.78, 5) is 30.9. The summed E-state index contributed by atoms with van der Waals surface area (Å²) < 4.78 is 4.89. The summed E-state index contributed by atoms with van der Waals surface area (Å²) in [7, 11) is 0. The summed E-state index contributed by atoms with van der Waals surface area (Å²) in [6, 6.07) is 8.37. The molecule has 3 rings (SSSR count). The van der Waals surface area contributed by atoms with E-state index in [0.717, 1.165) is 11.0 Å². The zero-order valence-electron chi connectivity index (χ0n) is 11.4. The number of H-pyrrole nitrogens is 1. The molecular formula is C15H12ClN3O3. The lowest BCUT2D eigenvalue weighted by Crippen LogP contribution is -2.32. The van der Waals surface area contributed by atoms with E-state index in [0.29, 0.717) is 23.8 Å². The van der Waals surface area contributed by atoms with Crippen molar-refractivity contribution in [2.24, 2.45) is 0 Å². The average Bonchev–Trinajstić information content (AvgIpc) is 3.14. The molecule has 2 heterocycles. The van der Waals surface area contributed by atoms with Crippen LogP contribution in [0, 0.1) is 0 Å². The molecule has 0 saturated carbocycles. The average molecular weight is 318 g/mol. The molecule has 0 aliphatic rings. The first kappa shape index (κ1) is 14.3. The van der Waals surface area contributed by atoms with Gasteiger partial charge in [-0.2, -0.15) is 0 Å². The number of furan rings is 1. The quantitative estimate of drug-likeness (QED) is 0.558. The molecule has 1 amide bonds. The molecule has 2 N–H and O–H groups in total. The number of aromatic nitrogens is 2. The Bertz CT molecular complexity index is 824. The van der Waals surface area contributed by atoms with Crippen molar-refractivity contribution in [3.63, 3.8) is 0 Å². The maximum atomic E-state index is 11.7. The number of carbonyl (C=O) groups is 2. The molecule has 6 nitrogen and oxygen atoms in total. The van der Waals surface area contributed by atoms with Crippen molar-refractivity contribution in [1.29, 1.82) is 0 Å². The van der Waals surface area contributed by atoms with Crippen LogP contribution >= 0.6 is 11.6 Å². The zero-order valence-corrected chi connectivity index (χ0v) is 12.2. The normalized spacial score (nSPS) is 10.8. The number of hydrogen-bond donors (Lipinski definition) is 2. The number of hydrogen-bond acceptors (Lipinski definition) is 4. The number of nitrogens with one attached hydrogen (secondary N) is 2. The van der Waals surface area contributed by atoms with Gasteiger partial charge in [-0.1, -0.05) is 11.6 Å². The molecule has 0 bridgehead atoms. The third-order valence-electron chi connectivity index (χ3n) is 3.09. The van der Waals surface area contributed by atoms with Gasteiger partial charge >= 0.3 is 0 Å². The molecule has 0 atom stereocenters. The summed E-state index contributed by atoms with van der Waals surface area (Å²) in [6.45, 7) is 0.291. The fourth-order valence-corrected chi connectivity index (χ4v) is 2.22. The Balaban J connectivity index is 1.58. The largest absolute Gasteiger partial charge is 0.461 e. The molecule has 22 heavy (non-hydrogen) atoms. The van der Waals surface area contributed by atoms with E-state index < -0.39 is 11.7 Å². The van der Waals surface area contributed by atoms with Crippen molar-refractivity contribution in [2.75, 3.05) is 6.54 Å². The van der Waals surface area contributed by atoms with E-state index in [1.807, 2.05) is 6.07 Å². The number of nitrogens with zero attached hydrogens (tertiary/aromatic N) is 1. The smallest absolute Gasteiger partial charge is 0.295 e. The van der Waals surface area contributed by atoms with Gasteiger partial charge in [0.2, 0.25) is 0 Å². The maximum absolute atomic E-state index is 11.7. The lowest BCUT2D eigenvalue weighted by molar-refractivity contribution is -0.117. The van der Waals surface area contributed by atoms with Crippen LogP contribution in [0.1, 0.15) is 16.4 Å². The van der Waals surface area contributed by atoms with Gasteiger partial charge in [0.05, 0.1) is 17.3 Å². The number of amides is 1. The van der Waals surface area contributed by atoms with E-state index in [1.54, 1.807) is 18.2 Å². The topological polar surface area (TPSA) is 88.0 Å². The Morgan fingerprint density at radius 1 is 1.32 bits per heavy atom. The summed E-state index contributed by atoms with van der Waals surface area (Å²) in [5.74, 6) is -0.658. The van der Waals surface area contributed by atoms with E-state index >= 15 is 0 Å². The highest BCUT2D eigenvalue weighted by atomic mass is 35.5. The van der Waals surface area contributed by atoms with Crippen molar-refractivity contribution in [3.8, 4) is 0 Å². The van der Waals surface area contributed by atoms with Gasteiger partial charge in [-0.3, -0.25) is 9.59 Å². The molecule has 2 aromatic heterocycles. The third-order valence-corrected chi connectivity index (χ3v) is 3.33. The van der Waals surface area contributed by atoms with Crippen LogP contribution in [0.25, 0.3) is 11.0 Å². The van der Waals surface area contributed by atoms with Gasteiger partial charge in [0.25, 0.3) is 11.7 Å². The summed E-state index contributed by atoms with van der Waals surface area (Å²) in [5.41, 5.74) is 1.64. The summed E-state index contributed by atoms with van der Waals surface area (Å²) in [5, 5.41) is 3.17. The van der Waals surface area contributed by atoms with Gasteiger partial charge < -0.3 is 14.7 Å². The van der Waals surface area contributed by atoms with Crippen LogP contribution in [0.5, 0.6) is 0 Å². The molecule has 0 aliphatic heterocycles. The standard InChI is InChI=1S/C15H12ClN3O3/c16-9-3-4-10-11(8-9)19-13(18-10)5-6-17-15(21)14(20)12-2-1-7-22-12/h1-4,7-8H,5-6H2,(H,17,21)(H,18,19). The summed E-state index contributed by atoms with van der Waals surface area (Å²) >= 11 is 5.91. The number of fused-ring (bicyclic) bond motifs is 1. The number of imidazole rings is 1. The van der Waals surface area contributed by atoms with Gasteiger partial charge in [0.15, 0.2) is 5.76 Å². The molecule has 0 spiro atoms. The molecule has 112 valence electrons. The van der Waals surface area contributed by atoms with E-state index in [4.69, 9.17) is 16.0 Å². The van der Waals surface area contributed by atoms with Crippen LogP contribution in [0.4, 0.5) is 0 Å². The lowest BCUT2D eigenvalue weighted by atomic mass is 10.3. The third kappa shape index (κ3) is 3.01. The predicted molar refractivity (Wildman–Crippen MR) is 80.9 cm³/mol. The summed E-state index contributed by atoms with van der Waals surface area (Å²) in [6.07, 6.45) is 1.82. The second kappa shape index (κ2) is 6.03. The fourth-order valence-electron chi connectivity index (χ4n) is 2.05. The van der Waals surface area contributed by atoms with Crippen LogP contribution in [0.2, 0.25) is 5.02 Å². The van der Waals surface area contributed by atoms with E-state index in [1.165, 1.54) is 12.3 Å². The lowest BCUT2D eigenvalue weighted by Gasteiger charge is -2.01. The van der Waals surface area contributed by atoms with Crippen molar-refractivity contribution in [1.82, 2.24) is 15.3 Å². The van der Waals surface area contributed by atoms with Crippen LogP contribution in [-0.4, -0.2) is 28.2 Å². The highest BCUT2D eigenvalue weighted by molar-refractivity contribution is 6.42. The zero-order chi connectivity index (χ0) is 15.5. The minimum atomic E-state index is -0.700. The first-order chi connectivity index (χ1) is 10.6. The molecule has 0 unspecified atom stereocenters. The predicted octanol–water partition coefficient (Wildman–Crippen LogP) is 2.35. The molecular weight excluding hydrogens is 306 g/mol. The van der Waals surface area contributed by atoms with Crippen molar-refractivity contribution in [3.05, 3.63) is 53.2 Å². The molecule has 7 heteroatoms. The van der Waals surface area contributed by atoms with E-state index in [2.05, 4.69) is 15.3 Å². The van der Waals surface area contributed by atoms with Gasteiger partial charge in [-0.25, -0.2) is 4.98 Å². The van der Waals surface area contributed by atoms with Crippen molar-refractivity contribution < 1.29 is 14.0 Å². The van der Waals surface area contributed by atoms with Crippen LogP contribution in [-0.2, 0) is 11.2 Å². The van der Waals surface area contributed by atoms with E-state index in [9.17, 15) is 9.59 Å². The van der Waals surface area contributed by atoms with Gasteiger partial charge in [0.1, 0.15) is 5.82 Å². The molecule has 0 aliphatic carbocycles. The molecule has 1 aromatic carbocycles. The SMILES string of the molecule is O=C(NCCc1nc2ccc(Cl)cc2[nH]1)C(=O)c1ccco1. The first-order valence-corrected chi connectivity index (χ1v) is 7.01. The number of carbonyl (C=O) groups excluding carboxylic acids is 2. The van der Waals surface area contributed by atoms with Gasteiger partial charge in [0, 0.05) is 18.0 Å². The fraction of sp³-hybridized carbons (Fsp3) is 0.133. The maximum Gasteiger partial charge on any atom is 0.295 e. The van der Waals surface area contributed by atoms with Crippen LogP contribution in [0.3, 0.4) is 0 Å². The van der Waals surface area contributed by atoms with Crippen LogP contribution in [0.15, 0.2) is 41.0 Å². The van der Waals surface area contributed by atoms with Gasteiger partial charge in [-0.15, -0.1) is 0 Å². The minimum absolute atomic E-state index is 0.0240. The Kier molecular flexibility index (Phi) is 3.93. The Hall–Kier alpha value is -2.60. The molecule has 0 fully saturated rings. The molecule has 3 aromatic rings. The highest BCUT2D eigenvalue weighted by Crippen LogP contribution is 2.17.